The summed E-state index contributed by atoms with van der Waals surface area (Å²) in [6.07, 6.45) is 0. The van der Waals surface area contributed by atoms with Crippen molar-refractivity contribution in [3.05, 3.63) is 40.0 Å². The number of carboxylic acid groups (broad SMARTS) is 1. The molecule has 1 aromatic heterocycles. The van der Waals surface area contributed by atoms with Gasteiger partial charge in [0.15, 0.2) is 11.4 Å². The molecule has 16 heavy (non-hydrogen) atoms. The van der Waals surface area contributed by atoms with Crippen LogP contribution in [0.3, 0.4) is 0 Å². The van der Waals surface area contributed by atoms with E-state index >= 15 is 0 Å². The maximum atomic E-state index is 13.2. The van der Waals surface area contributed by atoms with Crippen LogP contribution in [0.5, 0.6) is 5.75 Å². The van der Waals surface area contributed by atoms with Crippen LogP contribution in [0.2, 0.25) is 0 Å². The number of benzene rings is 1. The largest absolute Gasteiger partial charge is 0.501 e. The second-order valence-electron chi connectivity index (χ2n) is 3.03. The lowest BCUT2D eigenvalue weighted by Gasteiger charge is -2.01. The Hall–Kier alpha value is -2.37. The van der Waals surface area contributed by atoms with Gasteiger partial charge in [-0.1, -0.05) is 6.07 Å². The number of para-hydroxylation sites is 1. The molecule has 1 heterocycles. The number of aromatic carboxylic acids is 1. The number of aromatic hydroxyl groups is 1. The summed E-state index contributed by atoms with van der Waals surface area (Å²) < 4.78 is 17.9. The van der Waals surface area contributed by atoms with E-state index in [1.54, 1.807) is 0 Å². The van der Waals surface area contributed by atoms with Crippen molar-refractivity contribution in [2.75, 3.05) is 0 Å². The summed E-state index contributed by atoms with van der Waals surface area (Å²) in [4.78, 5) is 22.1. The molecular formula is C10H5FO5. The predicted octanol–water partition coefficient (Wildman–Crippen LogP) is 1.34. The van der Waals surface area contributed by atoms with Gasteiger partial charge in [0.25, 0.3) is 5.76 Å². The second kappa shape index (κ2) is 3.34. The second-order valence-corrected chi connectivity index (χ2v) is 3.03. The van der Waals surface area contributed by atoms with E-state index < -0.39 is 34.3 Å². The van der Waals surface area contributed by atoms with Gasteiger partial charge in [0.1, 0.15) is 0 Å². The monoisotopic (exact) mass is 224 g/mol. The van der Waals surface area contributed by atoms with E-state index in [-0.39, 0.29) is 5.39 Å². The zero-order chi connectivity index (χ0) is 11.9. The van der Waals surface area contributed by atoms with Crippen LogP contribution in [-0.2, 0) is 0 Å². The molecule has 0 amide bonds. The van der Waals surface area contributed by atoms with Gasteiger partial charge in [0, 0.05) is 0 Å². The maximum absolute atomic E-state index is 13.2. The zero-order valence-corrected chi connectivity index (χ0v) is 7.73. The molecule has 0 fully saturated rings. The zero-order valence-electron chi connectivity index (χ0n) is 7.73. The normalized spacial score (nSPS) is 10.6. The van der Waals surface area contributed by atoms with Crippen LogP contribution >= 0.6 is 0 Å². The Morgan fingerprint density at radius 3 is 2.69 bits per heavy atom. The molecule has 0 atom stereocenters. The first-order chi connectivity index (χ1) is 7.52. The molecule has 0 radical (unpaired) electrons. The molecule has 6 heteroatoms. The fraction of sp³-hybridized carbons (Fsp3) is 0. The van der Waals surface area contributed by atoms with E-state index in [2.05, 4.69) is 4.42 Å². The molecule has 0 aliphatic rings. The van der Waals surface area contributed by atoms with Gasteiger partial charge in [-0.15, -0.1) is 0 Å². The molecule has 0 saturated heterocycles. The minimum Gasteiger partial charge on any atom is -0.501 e. The van der Waals surface area contributed by atoms with Crippen molar-refractivity contribution in [3.8, 4) is 5.75 Å². The highest BCUT2D eigenvalue weighted by Crippen LogP contribution is 2.21. The standard InChI is InChI=1S/C10H5FO5/c11-5-3-1-2-4-6(12)7(13)9(10(14)15)16-8(4)5/h1-3,13H,(H,14,15). The molecule has 0 aliphatic heterocycles. The van der Waals surface area contributed by atoms with Crippen LogP contribution in [-0.4, -0.2) is 16.2 Å². The van der Waals surface area contributed by atoms with Gasteiger partial charge in [0.05, 0.1) is 5.39 Å². The van der Waals surface area contributed by atoms with E-state index in [4.69, 9.17) is 5.11 Å². The van der Waals surface area contributed by atoms with Gasteiger partial charge < -0.3 is 14.6 Å². The van der Waals surface area contributed by atoms with E-state index in [1.807, 2.05) is 0 Å². The first kappa shape index (κ1) is 10.2. The van der Waals surface area contributed by atoms with E-state index in [0.717, 1.165) is 6.07 Å². The van der Waals surface area contributed by atoms with Crippen LogP contribution in [0, 0.1) is 5.82 Å². The fourth-order valence-electron chi connectivity index (χ4n) is 1.32. The Morgan fingerprint density at radius 2 is 2.06 bits per heavy atom. The van der Waals surface area contributed by atoms with Crippen LogP contribution in [0.25, 0.3) is 11.0 Å². The highest BCUT2D eigenvalue weighted by atomic mass is 19.1. The van der Waals surface area contributed by atoms with Crippen molar-refractivity contribution in [2.45, 2.75) is 0 Å². The van der Waals surface area contributed by atoms with Crippen LogP contribution < -0.4 is 5.43 Å². The molecule has 0 unspecified atom stereocenters. The third kappa shape index (κ3) is 1.31. The van der Waals surface area contributed by atoms with Crippen molar-refractivity contribution >= 4 is 16.9 Å². The van der Waals surface area contributed by atoms with Crippen LogP contribution in [0.1, 0.15) is 10.6 Å². The molecule has 1 aromatic carbocycles. The molecule has 2 N–H and O–H groups in total. The van der Waals surface area contributed by atoms with Gasteiger partial charge in [-0.2, -0.15) is 0 Å². The molecule has 5 nitrogen and oxygen atoms in total. The first-order valence-electron chi connectivity index (χ1n) is 4.20. The summed E-state index contributed by atoms with van der Waals surface area (Å²) in [6.45, 7) is 0. The SMILES string of the molecule is O=C(O)c1oc2c(F)cccc2c(=O)c1O. The van der Waals surface area contributed by atoms with Crippen molar-refractivity contribution in [1.82, 2.24) is 0 Å². The number of fused-ring (bicyclic) bond motifs is 1. The molecule has 0 spiro atoms. The lowest BCUT2D eigenvalue weighted by atomic mass is 10.2. The predicted molar refractivity (Wildman–Crippen MR) is 51.1 cm³/mol. The van der Waals surface area contributed by atoms with E-state index in [9.17, 15) is 19.1 Å². The quantitative estimate of drug-likeness (QED) is 0.762. The Labute approximate surface area is 87.4 Å². The highest BCUT2D eigenvalue weighted by molar-refractivity contribution is 5.90. The first-order valence-corrected chi connectivity index (χ1v) is 4.20. The van der Waals surface area contributed by atoms with Gasteiger partial charge >= 0.3 is 5.97 Å². The number of carbonyl (C=O) groups is 1. The summed E-state index contributed by atoms with van der Waals surface area (Å²) in [5, 5.41) is 17.7. The lowest BCUT2D eigenvalue weighted by molar-refractivity contribution is 0.0657. The number of rotatable bonds is 1. The Kier molecular flexibility index (Phi) is 2.12. The Balaban J connectivity index is 3.01. The van der Waals surface area contributed by atoms with Gasteiger partial charge in [-0.3, -0.25) is 4.79 Å². The number of halogens is 1. The van der Waals surface area contributed by atoms with Crippen LogP contribution in [0.15, 0.2) is 27.4 Å². The average molecular weight is 224 g/mol. The number of hydrogen-bond donors (Lipinski definition) is 2. The maximum Gasteiger partial charge on any atom is 0.375 e. The van der Waals surface area contributed by atoms with Crippen molar-refractivity contribution in [2.24, 2.45) is 0 Å². The highest BCUT2D eigenvalue weighted by Gasteiger charge is 2.20. The van der Waals surface area contributed by atoms with Crippen molar-refractivity contribution in [1.29, 1.82) is 0 Å². The molecule has 0 bridgehead atoms. The smallest absolute Gasteiger partial charge is 0.375 e. The third-order valence-corrected chi connectivity index (χ3v) is 2.04. The molecular weight excluding hydrogens is 219 g/mol. The molecule has 0 saturated carbocycles. The van der Waals surface area contributed by atoms with Gasteiger partial charge in [0.2, 0.25) is 11.2 Å². The minimum absolute atomic E-state index is 0.206. The van der Waals surface area contributed by atoms with Crippen LogP contribution in [0.4, 0.5) is 4.39 Å². The third-order valence-electron chi connectivity index (χ3n) is 2.04. The Morgan fingerprint density at radius 1 is 1.38 bits per heavy atom. The molecule has 82 valence electrons. The van der Waals surface area contributed by atoms with Gasteiger partial charge in [-0.25, -0.2) is 9.18 Å². The molecule has 0 aliphatic carbocycles. The Bertz CT molecular complexity index is 643. The average Bonchev–Trinajstić information content (AvgIpc) is 2.23. The topological polar surface area (TPSA) is 87.7 Å². The number of carboxylic acids is 1. The van der Waals surface area contributed by atoms with Gasteiger partial charge in [-0.05, 0) is 12.1 Å². The summed E-state index contributed by atoms with van der Waals surface area (Å²) in [6, 6.07) is 3.51. The lowest BCUT2D eigenvalue weighted by Crippen LogP contribution is -2.08. The molecule has 2 rings (SSSR count). The molecule has 2 aromatic rings. The van der Waals surface area contributed by atoms with Crippen molar-refractivity contribution < 1.29 is 23.8 Å². The van der Waals surface area contributed by atoms with Crippen molar-refractivity contribution in [3.63, 3.8) is 0 Å². The minimum atomic E-state index is -1.64. The fourth-order valence-corrected chi connectivity index (χ4v) is 1.32. The van der Waals surface area contributed by atoms with E-state index in [0.29, 0.717) is 0 Å². The van der Waals surface area contributed by atoms with E-state index in [1.165, 1.54) is 12.1 Å². The summed E-state index contributed by atoms with van der Waals surface area (Å²) in [7, 11) is 0. The number of hydrogen-bond acceptors (Lipinski definition) is 4. The summed E-state index contributed by atoms with van der Waals surface area (Å²) in [5.41, 5.74) is -1.46. The summed E-state index contributed by atoms with van der Waals surface area (Å²) >= 11 is 0. The summed E-state index contributed by atoms with van der Waals surface area (Å²) in [5.74, 6) is -4.51.